The molecule has 0 fully saturated rings. The second kappa shape index (κ2) is 8.48. The Hall–Kier alpha value is -3.36. The normalized spacial score (nSPS) is 10.1. The Kier molecular flexibility index (Phi) is 6.10. The molecule has 0 atom stereocenters. The highest BCUT2D eigenvalue weighted by molar-refractivity contribution is 5.86. The molecule has 0 saturated heterocycles. The van der Waals surface area contributed by atoms with Gasteiger partial charge in [0.2, 0.25) is 11.8 Å². The molecule has 0 bridgehead atoms. The van der Waals surface area contributed by atoms with E-state index < -0.39 is 4.92 Å². The molecule has 0 aliphatic carbocycles. The summed E-state index contributed by atoms with van der Waals surface area (Å²) in [7, 11) is 1.50. The lowest BCUT2D eigenvalue weighted by Gasteiger charge is -2.17. The summed E-state index contributed by atoms with van der Waals surface area (Å²) in [5, 5.41) is 16.2. The van der Waals surface area contributed by atoms with Crippen LogP contribution in [0.15, 0.2) is 47.1 Å². The van der Waals surface area contributed by atoms with Crippen LogP contribution >= 0.6 is 0 Å². The maximum Gasteiger partial charge on any atom is 0.271 e. The summed E-state index contributed by atoms with van der Waals surface area (Å²) in [6, 6.07) is 9.30. The molecule has 2 rings (SSSR count). The number of carbonyl (C=O) groups is 2. The third-order valence-electron chi connectivity index (χ3n) is 3.35. The van der Waals surface area contributed by atoms with Crippen molar-refractivity contribution in [1.29, 1.82) is 0 Å². The van der Waals surface area contributed by atoms with Crippen LogP contribution in [0, 0.1) is 10.1 Å². The maximum atomic E-state index is 12.0. The molecule has 132 valence electrons. The summed E-state index contributed by atoms with van der Waals surface area (Å²) in [5.74, 6) is -0.0167. The van der Waals surface area contributed by atoms with Crippen LogP contribution in [-0.2, 0) is 16.1 Å². The topological polar surface area (TPSA) is 118 Å². The fourth-order valence-electron chi connectivity index (χ4n) is 2.00. The summed E-state index contributed by atoms with van der Waals surface area (Å²) in [4.78, 5) is 35.3. The fourth-order valence-corrected chi connectivity index (χ4v) is 2.00. The number of furan rings is 1. The highest BCUT2D eigenvalue weighted by Gasteiger charge is 2.13. The van der Waals surface area contributed by atoms with E-state index in [1.165, 1.54) is 36.4 Å². The third-order valence-corrected chi connectivity index (χ3v) is 3.35. The summed E-state index contributed by atoms with van der Waals surface area (Å²) in [5.41, 5.74) is 0.390. The average molecular weight is 346 g/mol. The van der Waals surface area contributed by atoms with Crippen LogP contribution in [0.2, 0.25) is 0 Å². The number of benzene rings is 1. The predicted molar refractivity (Wildman–Crippen MR) is 89.8 cm³/mol. The number of hydrogen-bond donors (Lipinski definition) is 2. The molecule has 0 saturated carbocycles. The van der Waals surface area contributed by atoms with Crippen LogP contribution in [0.1, 0.15) is 5.76 Å². The molecule has 2 aromatic rings. The summed E-state index contributed by atoms with van der Waals surface area (Å²) >= 11 is 0. The van der Waals surface area contributed by atoms with Gasteiger partial charge in [0.1, 0.15) is 5.76 Å². The van der Waals surface area contributed by atoms with Gasteiger partial charge in [0.25, 0.3) is 5.69 Å². The molecule has 0 aliphatic rings. The Bertz CT molecular complexity index is 745. The van der Waals surface area contributed by atoms with Crippen molar-refractivity contribution in [3.63, 3.8) is 0 Å². The van der Waals surface area contributed by atoms with Crippen LogP contribution in [0.3, 0.4) is 0 Å². The summed E-state index contributed by atoms with van der Waals surface area (Å²) < 4.78 is 5.10. The number of anilines is 1. The molecular weight excluding hydrogens is 328 g/mol. The van der Waals surface area contributed by atoms with E-state index in [2.05, 4.69) is 10.6 Å². The lowest BCUT2D eigenvalue weighted by Crippen LogP contribution is -2.40. The van der Waals surface area contributed by atoms with Crippen LogP contribution in [0.4, 0.5) is 11.4 Å². The Morgan fingerprint density at radius 1 is 1.28 bits per heavy atom. The zero-order valence-corrected chi connectivity index (χ0v) is 13.6. The predicted octanol–water partition coefficient (Wildman–Crippen LogP) is 1.37. The van der Waals surface area contributed by atoms with E-state index in [0.29, 0.717) is 11.4 Å². The Morgan fingerprint density at radius 3 is 2.76 bits per heavy atom. The average Bonchev–Trinajstić information content (AvgIpc) is 3.11. The number of nitrogens with one attached hydrogen (secondary N) is 2. The molecule has 0 aliphatic heterocycles. The number of likely N-dealkylation sites (N-methyl/N-ethyl adjacent to an activating group) is 1. The SMILES string of the molecule is CN(CC(=O)NCc1ccco1)C(=O)CNc1cccc([N+](=O)[O-])c1. The van der Waals surface area contributed by atoms with Gasteiger partial charge in [-0.15, -0.1) is 0 Å². The maximum absolute atomic E-state index is 12.0. The lowest BCUT2D eigenvalue weighted by molar-refractivity contribution is -0.384. The smallest absolute Gasteiger partial charge is 0.271 e. The molecule has 1 aromatic heterocycles. The first kappa shape index (κ1) is 18.0. The van der Waals surface area contributed by atoms with Crippen LogP contribution < -0.4 is 10.6 Å². The minimum absolute atomic E-state index is 0.0666. The first-order valence-corrected chi connectivity index (χ1v) is 7.47. The Balaban J connectivity index is 1.76. The molecule has 0 unspecified atom stereocenters. The Labute approximate surface area is 143 Å². The fraction of sp³-hybridized carbons (Fsp3) is 0.250. The molecule has 0 radical (unpaired) electrons. The lowest BCUT2D eigenvalue weighted by atomic mass is 10.3. The van der Waals surface area contributed by atoms with Gasteiger partial charge >= 0.3 is 0 Å². The molecule has 0 spiro atoms. The van der Waals surface area contributed by atoms with Gasteiger partial charge in [-0.2, -0.15) is 0 Å². The number of nitro groups is 1. The number of hydrogen-bond acceptors (Lipinski definition) is 6. The minimum atomic E-state index is -0.511. The molecule has 9 nitrogen and oxygen atoms in total. The molecule has 25 heavy (non-hydrogen) atoms. The van der Waals surface area contributed by atoms with E-state index >= 15 is 0 Å². The monoisotopic (exact) mass is 346 g/mol. The van der Waals surface area contributed by atoms with Gasteiger partial charge in [0.05, 0.1) is 30.8 Å². The quantitative estimate of drug-likeness (QED) is 0.551. The van der Waals surface area contributed by atoms with Crippen LogP contribution in [0.5, 0.6) is 0 Å². The second-order valence-corrected chi connectivity index (χ2v) is 5.27. The van der Waals surface area contributed by atoms with E-state index in [4.69, 9.17) is 4.42 Å². The van der Waals surface area contributed by atoms with Crippen molar-refractivity contribution in [3.8, 4) is 0 Å². The standard InChI is InChI=1S/C16H18N4O5/c1-19(11-15(21)18-9-14-6-3-7-25-14)16(22)10-17-12-4-2-5-13(8-12)20(23)24/h2-8,17H,9-11H2,1H3,(H,18,21). The molecule has 9 heteroatoms. The first-order valence-electron chi connectivity index (χ1n) is 7.47. The van der Waals surface area contributed by atoms with Gasteiger partial charge < -0.3 is 20.0 Å². The van der Waals surface area contributed by atoms with Crippen molar-refractivity contribution in [2.75, 3.05) is 25.5 Å². The summed E-state index contributed by atoms with van der Waals surface area (Å²) in [6.45, 7) is 0.0685. The van der Waals surface area contributed by atoms with E-state index in [9.17, 15) is 19.7 Å². The van der Waals surface area contributed by atoms with Crippen molar-refractivity contribution in [2.45, 2.75) is 6.54 Å². The largest absolute Gasteiger partial charge is 0.467 e. The number of nitrogens with zero attached hydrogens (tertiary/aromatic N) is 2. The number of non-ortho nitro benzene ring substituents is 1. The molecule has 2 amide bonds. The van der Waals surface area contributed by atoms with E-state index in [1.54, 1.807) is 18.2 Å². The molecule has 2 N–H and O–H groups in total. The van der Waals surface area contributed by atoms with Gasteiger partial charge in [-0.3, -0.25) is 19.7 Å². The zero-order valence-electron chi connectivity index (χ0n) is 13.6. The van der Waals surface area contributed by atoms with Gasteiger partial charge in [0.15, 0.2) is 0 Å². The number of nitro benzene ring substituents is 1. The van der Waals surface area contributed by atoms with Crippen LogP contribution in [0.25, 0.3) is 0 Å². The first-order chi connectivity index (χ1) is 12.0. The van der Waals surface area contributed by atoms with Gasteiger partial charge in [-0.1, -0.05) is 6.07 Å². The second-order valence-electron chi connectivity index (χ2n) is 5.27. The van der Waals surface area contributed by atoms with Crippen molar-refractivity contribution < 1.29 is 18.9 Å². The molecule has 1 aromatic carbocycles. The minimum Gasteiger partial charge on any atom is -0.467 e. The molecular formula is C16H18N4O5. The van der Waals surface area contributed by atoms with Gasteiger partial charge in [-0.25, -0.2) is 0 Å². The van der Waals surface area contributed by atoms with Gasteiger partial charge in [0, 0.05) is 24.9 Å². The molecule has 1 heterocycles. The number of amides is 2. The zero-order chi connectivity index (χ0) is 18.2. The summed E-state index contributed by atoms with van der Waals surface area (Å²) in [6.07, 6.45) is 1.51. The van der Waals surface area contributed by atoms with Crippen LogP contribution in [-0.4, -0.2) is 41.8 Å². The van der Waals surface area contributed by atoms with E-state index in [1.807, 2.05) is 0 Å². The number of rotatable bonds is 8. The van der Waals surface area contributed by atoms with Crippen molar-refractivity contribution in [2.24, 2.45) is 0 Å². The van der Waals surface area contributed by atoms with Crippen molar-refractivity contribution in [1.82, 2.24) is 10.2 Å². The Morgan fingerprint density at radius 2 is 2.08 bits per heavy atom. The van der Waals surface area contributed by atoms with Crippen molar-refractivity contribution >= 4 is 23.2 Å². The van der Waals surface area contributed by atoms with Crippen molar-refractivity contribution in [3.05, 3.63) is 58.5 Å². The van der Waals surface area contributed by atoms with E-state index in [0.717, 1.165) is 0 Å². The van der Waals surface area contributed by atoms with E-state index in [-0.39, 0.29) is 37.1 Å². The number of carbonyl (C=O) groups excluding carboxylic acids is 2. The highest BCUT2D eigenvalue weighted by atomic mass is 16.6. The third kappa shape index (κ3) is 5.65. The van der Waals surface area contributed by atoms with Gasteiger partial charge in [-0.05, 0) is 18.2 Å². The highest BCUT2D eigenvalue weighted by Crippen LogP contribution is 2.16.